The van der Waals surface area contributed by atoms with Gasteiger partial charge < -0.3 is 15.5 Å². The molecule has 1 aliphatic heterocycles. The second-order valence-electron chi connectivity index (χ2n) is 3.52. The topological polar surface area (TPSA) is 44.4 Å². The van der Waals surface area contributed by atoms with Gasteiger partial charge in [0.2, 0.25) is 0 Å². The maximum Gasteiger partial charge on any atom is 0.405 e. The highest BCUT2D eigenvalue weighted by Crippen LogP contribution is 2.12. The Hall–Kier alpha value is -0.980. The van der Waals surface area contributed by atoms with Gasteiger partial charge in [0.1, 0.15) is 6.54 Å². The monoisotopic (exact) mass is 225 g/mol. The highest BCUT2D eigenvalue weighted by molar-refractivity contribution is 5.74. The second-order valence-corrected chi connectivity index (χ2v) is 3.52. The van der Waals surface area contributed by atoms with E-state index >= 15 is 0 Å². The zero-order valence-electron chi connectivity index (χ0n) is 8.40. The minimum absolute atomic E-state index is 0.0769. The third kappa shape index (κ3) is 3.94. The molecule has 1 atom stereocenters. The number of halogens is 3. The van der Waals surface area contributed by atoms with E-state index in [0.717, 1.165) is 0 Å². The molecule has 2 N–H and O–H groups in total. The third-order valence-corrected chi connectivity index (χ3v) is 2.20. The lowest BCUT2D eigenvalue weighted by atomic mass is 10.2. The number of nitrogens with one attached hydrogen (secondary N) is 2. The first kappa shape index (κ1) is 12.1. The Kier molecular flexibility index (Phi) is 3.78. The minimum Gasteiger partial charge on any atom is -0.329 e. The van der Waals surface area contributed by atoms with E-state index in [1.165, 1.54) is 4.90 Å². The predicted molar refractivity (Wildman–Crippen MR) is 48.5 cm³/mol. The normalized spacial score (nSPS) is 22.7. The molecule has 1 aliphatic rings. The lowest BCUT2D eigenvalue weighted by molar-refractivity contribution is -0.123. The van der Waals surface area contributed by atoms with E-state index in [1.54, 1.807) is 6.92 Å². The molecule has 7 heteroatoms. The first-order valence-electron chi connectivity index (χ1n) is 4.72. The molecule has 0 unspecified atom stereocenters. The maximum absolute atomic E-state index is 11.8. The Bertz CT molecular complexity index is 232. The van der Waals surface area contributed by atoms with Crippen LogP contribution in [0.15, 0.2) is 0 Å². The van der Waals surface area contributed by atoms with Gasteiger partial charge in [-0.2, -0.15) is 13.2 Å². The molecule has 0 spiro atoms. The number of hydrogen-bond acceptors (Lipinski definition) is 2. The maximum atomic E-state index is 11.8. The van der Waals surface area contributed by atoms with Gasteiger partial charge in [0, 0.05) is 25.7 Å². The number of nitrogens with zero attached hydrogens (tertiary/aromatic N) is 1. The fraction of sp³-hybridized carbons (Fsp3) is 0.875. The zero-order chi connectivity index (χ0) is 11.5. The Labute approximate surface area is 85.8 Å². The van der Waals surface area contributed by atoms with Crippen LogP contribution in [0.5, 0.6) is 0 Å². The van der Waals surface area contributed by atoms with Crippen molar-refractivity contribution in [3.05, 3.63) is 0 Å². The molecule has 4 nitrogen and oxygen atoms in total. The van der Waals surface area contributed by atoms with Gasteiger partial charge in [0.15, 0.2) is 0 Å². The molecule has 1 saturated heterocycles. The van der Waals surface area contributed by atoms with Crippen LogP contribution in [0.3, 0.4) is 0 Å². The third-order valence-electron chi connectivity index (χ3n) is 2.20. The quantitative estimate of drug-likeness (QED) is 0.684. The van der Waals surface area contributed by atoms with Crippen molar-refractivity contribution >= 4 is 6.03 Å². The van der Waals surface area contributed by atoms with Crippen LogP contribution in [0.1, 0.15) is 6.92 Å². The summed E-state index contributed by atoms with van der Waals surface area (Å²) >= 11 is 0. The number of amides is 2. The Morgan fingerprint density at radius 1 is 1.60 bits per heavy atom. The summed E-state index contributed by atoms with van der Waals surface area (Å²) in [5, 5.41) is 4.90. The van der Waals surface area contributed by atoms with Crippen LogP contribution in [0.25, 0.3) is 0 Å². The van der Waals surface area contributed by atoms with Crippen LogP contribution in [-0.4, -0.2) is 49.3 Å². The Morgan fingerprint density at radius 3 is 2.80 bits per heavy atom. The highest BCUT2D eigenvalue weighted by Gasteiger charge is 2.30. The number of carbonyl (C=O) groups excluding carboxylic acids is 1. The molecule has 0 aliphatic carbocycles. The number of piperazine rings is 1. The van der Waals surface area contributed by atoms with Crippen LogP contribution in [-0.2, 0) is 0 Å². The molecule has 2 amide bonds. The van der Waals surface area contributed by atoms with Crippen molar-refractivity contribution in [3.8, 4) is 0 Å². The summed E-state index contributed by atoms with van der Waals surface area (Å²) in [5.41, 5.74) is 0. The molecule has 1 fully saturated rings. The standard InChI is InChI=1S/C8H14F3N3O/c1-6-4-12-2-3-14(6)7(15)13-5-8(9,10)11/h6,12H,2-5H2,1H3,(H,13,15)/t6-/m0/s1. The van der Waals surface area contributed by atoms with Gasteiger partial charge in [-0.05, 0) is 6.92 Å². The second kappa shape index (κ2) is 4.69. The fourth-order valence-corrected chi connectivity index (χ4v) is 1.42. The largest absolute Gasteiger partial charge is 0.405 e. The number of rotatable bonds is 1. The number of urea groups is 1. The number of carbonyl (C=O) groups is 1. The van der Waals surface area contributed by atoms with Crippen molar-refractivity contribution in [1.29, 1.82) is 0 Å². The molecule has 0 aromatic rings. The molecule has 15 heavy (non-hydrogen) atoms. The average molecular weight is 225 g/mol. The van der Waals surface area contributed by atoms with Gasteiger partial charge in [-0.3, -0.25) is 0 Å². The molecule has 1 rings (SSSR count). The van der Waals surface area contributed by atoms with Gasteiger partial charge in [0.25, 0.3) is 0 Å². The Balaban J connectivity index is 2.39. The molecule has 0 radical (unpaired) electrons. The van der Waals surface area contributed by atoms with Gasteiger partial charge in [-0.15, -0.1) is 0 Å². The van der Waals surface area contributed by atoms with Gasteiger partial charge in [-0.25, -0.2) is 4.79 Å². The summed E-state index contributed by atoms with van der Waals surface area (Å²) in [5.74, 6) is 0. The van der Waals surface area contributed by atoms with Crippen LogP contribution in [0.2, 0.25) is 0 Å². The minimum atomic E-state index is -4.35. The molecule has 0 saturated carbocycles. The summed E-state index contributed by atoms with van der Waals surface area (Å²) in [4.78, 5) is 12.7. The van der Waals surface area contributed by atoms with E-state index in [0.29, 0.717) is 19.6 Å². The van der Waals surface area contributed by atoms with Gasteiger partial charge in [-0.1, -0.05) is 0 Å². The smallest absolute Gasteiger partial charge is 0.329 e. The predicted octanol–water partition coefficient (Wildman–Crippen LogP) is 0.552. The van der Waals surface area contributed by atoms with Crippen LogP contribution >= 0.6 is 0 Å². The number of hydrogen-bond donors (Lipinski definition) is 2. The van der Waals surface area contributed by atoms with Crippen molar-refractivity contribution in [2.24, 2.45) is 0 Å². The average Bonchev–Trinajstić information content (AvgIpc) is 2.14. The van der Waals surface area contributed by atoms with Crippen molar-refractivity contribution < 1.29 is 18.0 Å². The molecule has 0 aromatic carbocycles. The molecule has 0 bridgehead atoms. The molecule has 0 aromatic heterocycles. The van der Waals surface area contributed by atoms with E-state index in [2.05, 4.69) is 5.32 Å². The van der Waals surface area contributed by atoms with Crippen LogP contribution < -0.4 is 10.6 Å². The van der Waals surface area contributed by atoms with E-state index < -0.39 is 18.8 Å². The lowest BCUT2D eigenvalue weighted by Gasteiger charge is -2.33. The van der Waals surface area contributed by atoms with E-state index in [4.69, 9.17) is 0 Å². The van der Waals surface area contributed by atoms with Crippen LogP contribution in [0.4, 0.5) is 18.0 Å². The van der Waals surface area contributed by atoms with E-state index in [-0.39, 0.29) is 6.04 Å². The number of alkyl halides is 3. The summed E-state index contributed by atoms with van der Waals surface area (Å²) in [7, 11) is 0. The SMILES string of the molecule is C[C@H]1CNCCN1C(=O)NCC(F)(F)F. The summed E-state index contributed by atoms with van der Waals surface area (Å²) in [6.45, 7) is 2.18. The van der Waals surface area contributed by atoms with Gasteiger partial charge >= 0.3 is 12.2 Å². The fourth-order valence-electron chi connectivity index (χ4n) is 1.42. The molecular formula is C8H14F3N3O. The lowest BCUT2D eigenvalue weighted by Crippen LogP contribution is -2.56. The van der Waals surface area contributed by atoms with Crippen molar-refractivity contribution in [1.82, 2.24) is 15.5 Å². The summed E-state index contributed by atoms with van der Waals surface area (Å²) in [6, 6.07) is -0.728. The summed E-state index contributed by atoms with van der Waals surface area (Å²) < 4.78 is 35.5. The zero-order valence-corrected chi connectivity index (χ0v) is 8.40. The Morgan fingerprint density at radius 2 is 2.27 bits per heavy atom. The highest BCUT2D eigenvalue weighted by atomic mass is 19.4. The molecule has 1 heterocycles. The van der Waals surface area contributed by atoms with Crippen molar-refractivity contribution in [3.63, 3.8) is 0 Å². The first-order chi connectivity index (χ1) is 6.90. The van der Waals surface area contributed by atoms with Crippen LogP contribution in [0, 0.1) is 0 Å². The van der Waals surface area contributed by atoms with Crippen molar-refractivity contribution in [2.75, 3.05) is 26.2 Å². The molecule has 88 valence electrons. The first-order valence-corrected chi connectivity index (χ1v) is 4.72. The van der Waals surface area contributed by atoms with E-state index in [9.17, 15) is 18.0 Å². The molecular weight excluding hydrogens is 211 g/mol. The van der Waals surface area contributed by atoms with Gasteiger partial charge in [0.05, 0.1) is 0 Å². The summed E-state index contributed by atoms with van der Waals surface area (Å²) in [6.07, 6.45) is -4.35. The van der Waals surface area contributed by atoms with Crippen molar-refractivity contribution in [2.45, 2.75) is 19.1 Å². The van der Waals surface area contributed by atoms with E-state index in [1.807, 2.05) is 5.32 Å².